The smallest absolute Gasteiger partial charge is 0.191 e. The van der Waals surface area contributed by atoms with Gasteiger partial charge >= 0.3 is 0 Å². The Morgan fingerprint density at radius 2 is 2.20 bits per heavy atom. The molecule has 2 aromatic heterocycles. The van der Waals surface area contributed by atoms with Crippen LogP contribution in [-0.2, 0) is 6.42 Å². The van der Waals surface area contributed by atoms with Crippen molar-refractivity contribution in [3.05, 3.63) is 52.2 Å². The third-order valence-electron chi connectivity index (χ3n) is 3.83. The van der Waals surface area contributed by atoms with Crippen LogP contribution in [0.25, 0.3) is 11.0 Å². The van der Waals surface area contributed by atoms with E-state index >= 15 is 0 Å². The number of nitrogens with one attached hydrogen (secondary N) is 2. The second-order valence-electron chi connectivity index (χ2n) is 5.93. The summed E-state index contributed by atoms with van der Waals surface area (Å²) in [5.41, 5.74) is 0.909. The highest BCUT2D eigenvalue weighted by Crippen LogP contribution is 2.23. The van der Waals surface area contributed by atoms with Gasteiger partial charge in [0.25, 0.3) is 0 Å². The minimum absolute atomic E-state index is 0.0345. The van der Waals surface area contributed by atoms with Crippen molar-refractivity contribution in [3.8, 4) is 0 Å². The number of benzene rings is 1. The summed E-state index contributed by atoms with van der Waals surface area (Å²) < 4.78 is 5.93. The number of aryl methyl sites for hydroxylation is 1. The molecule has 1 aromatic carbocycles. The van der Waals surface area contributed by atoms with E-state index < -0.39 is 0 Å². The van der Waals surface area contributed by atoms with E-state index in [1.165, 1.54) is 4.88 Å². The summed E-state index contributed by atoms with van der Waals surface area (Å²) in [5.74, 6) is 1.70. The minimum atomic E-state index is 0.0345. The summed E-state index contributed by atoms with van der Waals surface area (Å²) in [4.78, 5) is 10.3. The number of nitrogens with zero attached hydrogens (tertiary/aromatic N) is 2. The van der Waals surface area contributed by atoms with E-state index in [0.717, 1.165) is 40.7 Å². The lowest BCUT2D eigenvalue weighted by atomic mass is 10.2. The van der Waals surface area contributed by atoms with Gasteiger partial charge < -0.3 is 15.1 Å². The number of thiazole rings is 1. The first-order chi connectivity index (χ1) is 12.2. The highest BCUT2D eigenvalue weighted by molar-refractivity contribution is 7.11. The van der Waals surface area contributed by atoms with Gasteiger partial charge in [0.1, 0.15) is 11.3 Å². The number of para-hydroxylation sites is 1. The zero-order chi connectivity index (χ0) is 17.6. The summed E-state index contributed by atoms with van der Waals surface area (Å²) in [6, 6.07) is 10.2. The molecule has 0 fully saturated rings. The Labute approximate surface area is 152 Å². The van der Waals surface area contributed by atoms with E-state index in [4.69, 9.17) is 4.42 Å². The predicted octanol–water partition coefficient (Wildman–Crippen LogP) is 4.06. The molecule has 0 spiro atoms. The van der Waals surface area contributed by atoms with Crippen molar-refractivity contribution < 1.29 is 4.42 Å². The lowest BCUT2D eigenvalue weighted by molar-refractivity contribution is 0.488. The Bertz CT molecular complexity index is 819. The SMILES string of the molecule is CCNC(=NCCc1ncc(C)s1)NC(C)c1cc2ccccc2o1. The van der Waals surface area contributed by atoms with Gasteiger partial charge in [0, 0.05) is 36.0 Å². The summed E-state index contributed by atoms with van der Waals surface area (Å²) >= 11 is 1.73. The fourth-order valence-electron chi connectivity index (χ4n) is 2.59. The van der Waals surface area contributed by atoms with Crippen molar-refractivity contribution in [1.82, 2.24) is 15.6 Å². The van der Waals surface area contributed by atoms with Crippen LogP contribution in [-0.4, -0.2) is 24.0 Å². The average Bonchev–Trinajstić information content (AvgIpc) is 3.21. The number of hydrogen-bond donors (Lipinski definition) is 2. The number of guanidine groups is 1. The van der Waals surface area contributed by atoms with E-state index in [1.54, 1.807) is 11.3 Å². The number of aromatic nitrogens is 1. The molecule has 25 heavy (non-hydrogen) atoms. The standard InChI is InChI=1S/C19H24N4OS/c1-4-20-19(21-10-9-18-22-12-13(2)25-18)23-14(3)17-11-15-7-5-6-8-16(15)24-17/h5-8,11-12,14H,4,9-10H2,1-3H3,(H2,20,21,23). The van der Waals surface area contributed by atoms with Crippen molar-refractivity contribution in [2.24, 2.45) is 4.99 Å². The normalized spacial score (nSPS) is 13.2. The van der Waals surface area contributed by atoms with Crippen LogP contribution in [0.2, 0.25) is 0 Å². The van der Waals surface area contributed by atoms with Crippen LogP contribution in [0.15, 0.2) is 45.9 Å². The van der Waals surface area contributed by atoms with Crippen molar-refractivity contribution >= 4 is 28.3 Å². The van der Waals surface area contributed by atoms with Crippen LogP contribution in [0.3, 0.4) is 0 Å². The summed E-state index contributed by atoms with van der Waals surface area (Å²) in [6.07, 6.45) is 2.77. The highest BCUT2D eigenvalue weighted by atomic mass is 32.1. The number of rotatable bonds is 6. The maximum atomic E-state index is 5.93. The van der Waals surface area contributed by atoms with Crippen molar-refractivity contribution in [1.29, 1.82) is 0 Å². The molecule has 2 heterocycles. The fourth-order valence-corrected chi connectivity index (χ4v) is 3.37. The number of furan rings is 1. The van der Waals surface area contributed by atoms with E-state index in [1.807, 2.05) is 24.4 Å². The average molecular weight is 356 g/mol. The molecule has 0 aliphatic heterocycles. The Hall–Kier alpha value is -2.34. The van der Waals surface area contributed by atoms with Gasteiger partial charge in [0.05, 0.1) is 11.0 Å². The maximum absolute atomic E-state index is 5.93. The van der Waals surface area contributed by atoms with Crippen molar-refractivity contribution in [2.45, 2.75) is 33.2 Å². The van der Waals surface area contributed by atoms with Crippen molar-refractivity contribution in [3.63, 3.8) is 0 Å². The van der Waals surface area contributed by atoms with Crippen LogP contribution in [0.5, 0.6) is 0 Å². The van der Waals surface area contributed by atoms with Gasteiger partial charge in [-0.05, 0) is 32.9 Å². The molecule has 132 valence electrons. The van der Waals surface area contributed by atoms with Crippen LogP contribution < -0.4 is 10.6 Å². The number of aliphatic imine (C=N–C) groups is 1. The second-order valence-corrected chi connectivity index (χ2v) is 7.25. The Morgan fingerprint density at radius 1 is 1.36 bits per heavy atom. The molecular weight excluding hydrogens is 332 g/mol. The molecule has 0 saturated heterocycles. The first kappa shape index (κ1) is 17.5. The largest absolute Gasteiger partial charge is 0.459 e. The molecule has 1 atom stereocenters. The van der Waals surface area contributed by atoms with Gasteiger partial charge in [0.15, 0.2) is 5.96 Å². The molecule has 0 saturated carbocycles. The summed E-state index contributed by atoms with van der Waals surface area (Å²) in [5, 5.41) is 8.95. The molecular formula is C19H24N4OS. The van der Waals surface area contributed by atoms with Crippen LogP contribution in [0.4, 0.5) is 0 Å². The zero-order valence-electron chi connectivity index (χ0n) is 14.9. The van der Waals surface area contributed by atoms with E-state index in [0.29, 0.717) is 6.54 Å². The number of hydrogen-bond acceptors (Lipinski definition) is 4. The van der Waals surface area contributed by atoms with E-state index in [-0.39, 0.29) is 6.04 Å². The van der Waals surface area contributed by atoms with Gasteiger partial charge in [-0.25, -0.2) is 4.98 Å². The maximum Gasteiger partial charge on any atom is 0.191 e. The summed E-state index contributed by atoms with van der Waals surface area (Å²) in [7, 11) is 0. The third-order valence-corrected chi connectivity index (χ3v) is 4.81. The molecule has 3 rings (SSSR count). The van der Waals surface area contributed by atoms with Gasteiger partial charge in [-0.15, -0.1) is 11.3 Å². The third kappa shape index (κ3) is 4.60. The Morgan fingerprint density at radius 3 is 2.92 bits per heavy atom. The first-order valence-corrected chi connectivity index (χ1v) is 9.42. The Kier molecular flexibility index (Phi) is 5.71. The lowest BCUT2D eigenvalue weighted by Crippen LogP contribution is -2.38. The highest BCUT2D eigenvalue weighted by Gasteiger charge is 2.13. The topological polar surface area (TPSA) is 62.5 Å². The minimum Gasteiger partial charge on any atom is -0.459 e. The zero-order valence-corrected chi connectivity index (χ0v) is 15.7. The van der Waals surface area contributed by atoms with Crippen LogP contribution >= 0.6 is 11.3 Å². The molecule has 6 heteroatoms. The molecule has 0 aliphatic carbocycles. The summed E-state index contributed by atoms with van der Waals surface area (Å²) in [6.45, 7) is 7.73. The second kappa shape index (κ2) is 8.16. The quantitative estimate of drug-likeness (QED) is 0.516. The molecule has 1 unspecified atom stereocenters. The monoisotopic (exact) mass is 356 g/mol. The van der Waals surface area contributed by atoms with Gasteiger partial charge in [-0.1, -0.05) is 18.2 Å². The molecule has 2 N–H and O–H groups in total. The van der Waals surface area contributed by atoms with Crippen LogP contribution in [0.1, 0.15) is 35.5 Å². The van der Waals surface area contributed by atoms with Gasteiger partial charge in [-0.2, -0.15) is 0 Å². The molecule has 5 nitrogen and oxygen atoms in total. The first-order valence-electron chi connectivity index (χ1n) is 8.60. The van der Waals surface area contributed by atoms with Crippen molar-refractivity contribution in [2.75, 3.05) is 13.1 Å². The van der Waals surface area contributed by atoms with Gasteiger partial charge in [0.2, 0.25) is 0 Å². The predicted molar refractivity (Wildman–Crippen MR) is 104 cm³/mol. The molecule has 0 aliphatic rings. The lowest BCUT2D eigenvalue weighted by Gasteiger charge is -2.16. The number of fused-ring (bicyclic) bond motifs is 1. The van der Waals surface area contributed by atoms with Gasteiger partial charge in [-0.3, -0.25) is 4.99 Å². The molecule has 0 radical (unpaired) electrons. The molecule has 0 amide bonds. The molecule has 3 aromatic rings. The Balaban J connectivity index is 1.64. The van der Waals surface area contributed by atoms with E-state index in [2.05, 4.69) is 53.5 Å². The molecule has 0 bridgehead atoms. The van der Waals surface area contributed by atoms with Crippen LogP contribution in [0, 0.1) is 6.92 Å². The fraction of sp³-hybridized carbons (Fsp3) is 0.368. The van der Waals surface area contributed by atoms with E-state index in [9.17, 15) is 0 Å².